The summed E-state index contributed by atoms with van der Waals surface area (Å²) < 4.78 is 29.1. The van der Waals surface area contributed by atoms with Gasteiger partial charge in [0, 0.05) is 17.2 Å². The number of hydrogen-bond acceptors (Lipinski definition) is 4. The van der Waals surface area contributed by atoms with E-state index < -0.39 is 21.0 Å². The van der Waals surface area contributed by atoms with Crippen molar-refractivity contribution in [1.29, 1.82) is 0 Å². The van der Waals surface area contributed by atoms with Crippen molar-refractivity contribution in [3.63, 3.8) is 0 Å². The fraction of sp³-hybridized carbons (Fsp3) is 0.471. The highest BCUT2D eigenvalue weighted by Gasteiger charge is 2.30. The van der Waals surface area contributed by atoms with E-state index in [1.54, 1.807) is 0 Å². The number of carbonyl (C=O) groups is 1. The van der Waals surface area contributed by atoms with Gasteiger partial charge in [-0.05, 0) is 25.8 Å². The van der Waals surface area contributed by atoms with E-state index in [4.69, 9.17) is 4.42 Å². The highest BCUT2D eigenvalue weighted by atomic mass is 32.2. The van der Waals surface area contributed by atoms with Gasteiger partial charge in [0.05, 0.1) is 6.04 Å². The van der Waals surface area contributed by atoms with E-state index in [0.29, 0.717) is 5.76 Å². The second-order valence-corrected chi connectivity index (χ2v) is 8.66. The largest absolute Gasteiger partial charge is 0.459 e. The summed E-state index contributed by atoms with van der Waals surface area (Å²) in [4.78, 5) is 12.3. The second kappa shape index (κ2) is 6.35. The molecular formula is C17H23NO4S. The molecule has 1 aromatic heterocycles. The quantitative estimate of drug-likeness (QED) is 0.910. The van der Waals surface area contributed by atoms with Crippen molar-refractivity contribution in [2.75, 3.05) is 6.26 Å². The number of benzene rings is 1. The fourth-order valence-corrected chi connectivity index (χ4v) is 2.95. The van der Waals surface area contributed by atoms with E-state index in [9.17, 15) is 13.2 Å². The molecule has 2 atom stereocenters. The zero-order chi connectivity index (χ0) is 17.4. The normalized spacial score (nSPS) is 14.9. The van der Waals surface area contributed by atoms with E-state index in [1.165, 1.54) is 6.92 Å². The number of nitrogens with one attached hydrogen (secondary N) is 1. The van der Waals surface area contributed by atoms with Crippen molar-refractivity contribution in [3.8, 4) is 0 Å². The number of para-hydroxylation sites is 1. The molecule has 0 saturated heterocycles. The van der Waals surface area contributed by atoms with Gasteiger partial charge in [-0.25, -0.2) is 8.42 Å². The van der Waals surface area contributed by atoms with Gasteiger partial charge in [-0.1, -0.05) is 32.0 Å². The van der Waals surface area contributed by atoms with Gasteiger partial charge in [0.25, 0.3) is 0 Å². The minimum absolute atomic E-state index is 0.0602. The number of furan rings is 1. The Morgan fingerprint density at radius 3 is 2.30 bits per heavy atom. The van der Waals surface area contributed by atoms with Gasteiger partial charge in [-0.15, -0.1) is 0 Å². The lowest BCUT2D eigenvalue weighted by Crippen LogP contribution is -2.41. The molecule has 23 heavy (non-hydrogen) atoms. The van der Waals surface area contributed by atoms with Crippen molar-refractivity contribution in [3.05, 3.63) is 35.6 Å². The van der Waals surface area contributed by atoms with Crippen LogP contribution in [-0.4, -0.2) is 25.8 Å². The van der Waals surface area contributed by atoms with E-state index >= 15 is 0 Å². The molecule has 2 aromatic rings. The molecule has 0 radical (unpaired) electrons. The predicted octanol–water partition coefficient (Wildman–Crippen LogP) is 2.99. The van der Waals surface area contributed by atoms with Crippen LogP contribution in [0.15, 0.2) is 28.7 Å². The fourth-order valence-electron chi connectivity index (χ4n) is 2.49. The standard InChI is InChI=1S/C17H23NO4S/c1-10(2)15(18-17(19)12(4)23(5,20)21)16-11(3)13-8-6-7-9-14(13)22-16/h6-10,12,15H,1-5H3,(H,18,19)/t12-,15+/m1/s1. The highest BCUT2D eigenvalue weighted by Crippen LogP contribution is 2.32. The first-order valence-electron chi connectivity index (χ1n) is 7.60. The topological polar surface area (TPSA) is 76.4 Å². The number of amides is 1. The van der Waals surface area contributed by atoms with Crippen LogP contribution in [0.25, 0.3) is 11.0 Å². The number of sulfone groups is 1. The molecule has 2 rings (SSSR count). The van der Waals surface area contributed by atoms with Crippen LogP contribution < -0.4 is 5.32 Å². The van der Waals surface area contributed by atoms with Crippen molar-refractivity contribution in [2.45, 2.75) is 39.0 Å². The molecule has 6 heteroatoms. The molecule has 1 aromatic carbocycles. The van der Waals surface area contributed by atoms with E-state index in [-0.39, 0.29) is 12.0 Å². The molecule has 0 fully saturated rings. The van der Waals surface area contributed by atoms with Crippen LogP contribution in [0, 0.1) is 12.8 Å². The smallest absolute Gasteiger partial charge is 0.238 e. The van der Waals surface area contributed by atoms with Gasteiger partial charge in [-0.2, -0.15) is 0 Å². The van der Waals surface area contributed by atoms with Crippen LogP contribution in [0.3, 0.4) is 0 Å². The summed E-state index contributed by atoms with van der Waals surface area (Å²) in [6.45, 7) is 7.27. The predicted molar refractivity (Wildman–Crippen MR) is 91.0 cm³/mol. The molecule has 1 heterocycles. The molecule has 126 valence electrons. The van der Waals surface area contributed by atoms with Gasteiger partial charge >= 0.3 is 0 Å². The molecule has 1 amide bonds. The molecule has 0 aliphatic heterocycles. The monoisotopic (exact) mass is 337 g/mol. The van der Waals surface area contributed by atoms with Gasteiger partial charge in [0.2, 0.25) is 5.91 Å². The Balaban J connectivity index is 2.38. The minimum Gasteiger partial charge on any atom is -0.459 e. The first kappa shape index (κ1) is 17.5. The zero-order valence-corrected chi connectivity index (χ0v) is 14.9. The third-order valence-electron chi connectivity index (χ3n) is 4.14. The average Bonchev–Trinajstić information content (AvgIpc) is 2.80. The maximum Gasteiger partial charge on any atom is 0.238 e. The van der Waals surface area contributed by atoms with Crippen molar-refractivity contribution >= 4 is 26.7 Å². The van der Waals surface area contributed by atoms with Crippen molar-refractivity contribution in [2.24, 2.45) is 5.92 Å². The molecule has 0 aliphatic carbocycles. The van der Waals surface area contributed by atoms with Gasteiger partial charge in [-0.3, -0.25) is 4.79 Å². The van der Waals surface area contributed by atoms with Crippen LogP contribution in [0.5, 0.6) is 0 Å². The lowest BCUT2D eigenvalue weighted by molar-refractivity contribution is -0.121. The molecule has 0 bridgehead atoms. The molecule has 1 N–H and O–H groups in total. The molecule has 0 unspecified atom stereocenters. The summed E-state index contributed by atoms with van der Waals surface area (Å²) in [5.41, 5.74) is 1.72. The lowest BCUT2D eigenvalue weighted by atomic mass is 9.98. The van der Waals surface area contributed by atoms with Crippen LogP contribution in [0.4, 0.5) is 0 Å². The number of fused-ring (bicyclic) bond motifs is 1. The molecule has 5 nitrogen and oxygen atoms in total. The van der Waals surface area contributed by atoms with Crippen LogP contribution in [0.1, 0.15) is 38.1 Å². The number of hydrogen-bond donors (Lipinski definition) is 1. The summed E-state index contributed by atoms with van der Waals surface area (Å²) in [6, 6.07) is 7.30. The summed E-state index contributed by atoms with van der Waals surface area (Å²) >= 11 is 0. The Morgan fingerprint density at radius 2 is 1.78 bits per heavy atom. The van der Waals surface area contributed by atoms with Gasteiger partial charge in [0.1, 0.15) is 16.6 Å². The first-order chi connectivity index (χ1) is 10.6. The Bertz CT molecular complexity index is 820. The van der Waals surface area contributed by atoms with Crippen molar-refractivity contribution < 1.29 is 17.6 Å². The Kier molecular flexibility index (Phi) is 4.84. The van der Waals surface area contributed by atoms with Crippen LogP contribution in [-0.2, 0) is 14.6 Å². The van der Waals surface area contributed by atoms with E-state index in [2.05, 4.69) is 5.32 Å². The highest BCUT2D eigenvalue weighted by molar-refractivity contribution is 7.92. The molecule has 0 spiro atoms. The Labute approximate surface area is 137 Å². The van der Waals surface area contributed by atoms with Gasteiger partial charge < -0.3 is 9.73 Å². The van der Waals surface area contributed by atoms with Crippen molar-refractivity contribution in [1.82, 2.24) is 5.32 Å². The number of aryl methyl sites for hydroxylation is 1. The minimum atomic E-state index is -3.43. The molecular weight excluding hydrogens is 314 g/mol. The third-order valence-corrected chi connectivity index (χ3v) is 5.64. The van der Waals surface area contributed by atoms with E-state index in [0.717, 1.165) is 22.8 Å². The lowest BCUT2D eigenvalue weighted by Gasteiger charge is -2.22. The summed E-state index contributed by atoms with van der Waals surface area (Å²) in [6.07, 6.45) is 1.06. The first-order valence-corrected chi connectivity index (χ1v) is 9.55. The zero-order valence-electron chi connectivity index (χ0n) is 14.1. The number of carbonyl (C=O) groups excluding carboxylic acids is 1. The van der Waals surface area contributed by atoms with Gasteiger partial charge in [0.15, 0.2) is 9.84 Å². The SMILES string of the molecule is Cc1c([C@@H](NC(=O)[C@@H](C)S(C)(=O)=O)C(C)C)oc2ccccc12. The summed E-state index contributed by atoms with van der Waals surface area (Å²) in [7, 11) is -3.43. The number of rotatable bonds is 5. The molecule has 0 saturated carbocycles. The van der Waals surface area contributed by atoms with Crippen LogP contribution >= 0.6 is 0 Å². The third kappa shape index (κ3) is 3.58. The Morgan fingerprint density at radius 1 is 1.17 bits per heavy atom. The second-order valence-electron chi connectivity index (χ2n) is 6.29. The Hall–Kier alpha value is -1.82. The van der Waals surface area contributed by atoms with E-state index in [1.807, 2.05) is 45.0 Å². The van der Waals surface area contributed by atoms with Crippen LogP contribution in [0.2, 0.25) is 0 Å². The summed E-state index contributed by atoms with van der Waals surface area (Å²) in [5, 5.41) is 2.74. The average molecular weight is 337 g/mol. The molecule has 0 aliphatic rings. The maximum atomic E-state index is 12.3. The maximum absolute atomic E-state index is 12.3. The summed E-state index contributed by atoms with van der Waals surface area (Å²) in [5.74, 6) is 0.228.